The highest BCUT2D eigenvalue weighted by Crippen LogP contribution is 2.18. The zero-order valence-corrected chi connectivity index (χ0v) is 11.7. The Morgan fingerprint density at radius 3 is 2.68 bits per heavy atom. The van der Waals surface area contributed by atoms with Crippen molar-refractivity contribution in [2.45, 2.75) is 13.3 Å². The average molecular weight is 277 g/mol. The summed E-state index contributed by atoms with van der Waals surface area (Å²) < 4.78 is 10.0. The summed E-state index contributed by atoms with van der Waals surface area (Å²) in [5.41, 5.74) is 1.51. The maximum atomic E-state index is 11.5. The van der Waals surface area contributed by atoms with Gasteiger partial charge < -0.3 is 9.47 Å². The molecule has 0 N–H and O–H groups in total. The van der Waals surface area contributed by atoms with Gasteiger partial charge in [-0.05, 0) is 24.6 Å². The molecular weight excluding hydrogens is 262 g/mol. The van der Waals surface area contributed by atoms with Crippen LogP contribution in [0.4, 0.5) is 0 Å². The van der Waals surface area contributed by atoms with E-state index < -0.39 is 0 Å². The summed E-state index contributed by atoms with van der Waals surface area (Å²) in [5.74, 6) is 0.467. The summed E-state index contributed by atoms with van der Waals surface area (Å²) in [4.78, 5) is 15.8. The molecule has 0 aliphatic heterocycles. The van der Waals surface area contributed by atoms with Crippen LogP contribution in [0.25, 0.3) is 0 Å². The van der Waals surface area contributed by atoms with Crippen LogP contribution in [-0.2, 0) is 11.2 Å². The molecule has 5 heteroatoms. The summed E-state index contributed by atoms with van der Waals surface area (Å²) in [7, 11) is 1.64. The third kappa shape index (κ3) is 3.54. The van der Waals surface area contributed by atoms with E-state index in [1.807, 2.05) is 24.3 Å². The van der Waals surface area contributed by atoms with Gasteiger partial charge in [0.25, 0.3) is 0 Å². The topological polar surface area (TPSA) is 48.4 Å². The minimum absolute atomic E-state index is 0.361. The highest BCUT2D eigenvalue weighted by atomic mass is 32.1. The molecule has 2 aromatic rings. The first-order valence-electron chi connectivity index (χ1n) is 5.97. The van der Waals surface area contributed by atoms with Crippen LogP contribution in [0.15, 0.2) is 29.6 Å². The number of hydrogen-bond acceptors (Lipinski definition) is 5. The number of rotatable bonds is 5. The lowest BCUT2D eigenvalue weighted by Crippen LogP contribution is -2.05. The van der Waals surface area contributed by atoms with Gasteiger partial charge in [-0.3, -0.25) is 0 Å². The first-order chi connectivity index (χ1) is 9.22. The van der Waals surface area contributed by atoms with E-state index in [9.17, 15) is 4.79 Å². The predicted octanol–water partition coefficient (Wildman–Crippen LogP) is 2.92. The van der Waals surface area contributed by atoms with Gasteiger partial charge in [-0.15, -0.1) is 11.3 Å². The second kappa shape index (κ2) is 6.33. The minimum Gasteiger partial charge on any atom is -0.497 e. The molecule has 0 saturated carbocycles. The van der Waals surface area contributed by atoms with Crippen LogP contribution < -0.4 is 4.74 Å². The van der Waals surface area contributed by atoms with E-state index in [0.717, 1.165) is 16.3 Å². The second-order valence-electron chi connectivity index (χ2n) is 3.87. The van der Waals surface area contributed by atoms with Gasteiger partial charge in [-0.2, -0.15) is 0 Å². The molecule has 1 aromatic heterocycles. The molecule has 0 amide bonds. The Hall–Kier alpha value is -1.88. The molecule has 1 heterocycles. The highest BCUT2D eigenvalue weighted by Gasteiger charge is 2.11. The molecule has 0 radical (unpaired) electrons. The van der Waals surface area contributed by atoms with Crippen molar-refractivity contribution in [1.29, 1.82) is 0 Å². The molecule has 0 fully saturated rings. The Balaban J connectivity index is 2.04. The zero-order valence-electron chi connectivity index (χ0n) is 10.9. The molecule has 1 aromatic carbocycles. The molecule has 2 rings (SSSR count). The Labute approximate surface area is 116 Å². The van der Waals surface area contributed by atoms with E-state index in [-0.39, 0.29) is 5.97 Å². The molecule has 100 valence electrons. The number of methoxy groups -OCH3 is 1. The number of benzene rings is 1. The Kier molecular flexibility index (Phi) is 4.52. The normalized spacial score (nSPS) is 10.2. The van der Waals surface area contributed by atoms with Crippen LogP contribution in [0, 0.1) is 0 Å². The van der Waals surface area contributed by atoms with Crippen LogP contribution in [0.1, 0.15) is 28.0 Å². The standard InChI is InChI=1S/C14H15NO3S/c1-3-18-14(16)12-9-19-13(15-12)8-10-4-6-11(17-2)7-5-10/h4-7,9H,3,8H2,1-2H3. The SMILES string of the molecule is CCOC(=O)c1csc(Cc2ccc(OC)cc2)n1. The van der Waals surface area contributed by atoms with Crippen LogP contribution in [-0.4, -0.2) is 24.7 Å². The van der Waals surface area contributed by atoms with Gasteiger partial charge in [-0.25, -0.2) is 9.78 Å². The predicted molar refractivity (Wildman–Crippen MR) is 73.9 cm³/mol. The van der Waals surface area contributed by atoms with Crippen LogP contribution in [0.2, 0.25) is 0 Å². The lowest BCUT2D eigenvalue weighted by Gasteiger charge is -2.01. The van der Waals surface area contributed by atoms with E-state index in [1.54, 1.807) is 19.4 Å². The van der Waals surface area contributed by atoms with Gasteiger partial charge in [0, 0.05) is 11.8 Å². The second-order valence-corrected chi connectivity index (χ2v) is 4.81. The van der Waals surface area contributed by atoms with Gasteiger partial charge in [-0.1, -0.05) is 12.1 Å². The van der Waals surface area contributed by atoms with Crippen molar-refractivity contribution in [3.8, 4) is 5.75 Å². The molecule has 0 bridgehead atoms. The van der Waals surface area contributed by atoms with Crippen molar-refractivity contribution < 1.29 is 14.3 Å². The van der Waals surface area contributed by atoms with E-state index in [0.29, 0.717) is 18.7 Å². The fraction of sp³-hybridized carbons (Fsp3) is 0.286. The molecule has 0 spiro atoms. The maximum absolute atomic E-state index is 11.5. The molecule has 0 aliphatic rings. The Morgan fingerprint density at radius 1 is 1.32 bits per heavy atom. The van der Waals surface area contributed by atoms with E-state index in [2.05, 4.69) is 4.98 Å². The summed E-state index contributed by atoms with van der Waals surface area (Å²) in [6.07, 6.45) is 0.702. The maximum Gasteiger partial charge on any atom is 0.357 e. The van der Waals surface area contributed by atoms with Gasteiger partial charge in [0.15, 0.2) is 5.69 Å². The Morgan fingerprint density at radius 2 is 2.05 bits per heavy atom. The molecule has 0 saturated heterocycles. The number of carbonyl (C=O) groups is 1. The highest BCUT2D eigenvalue weighted by molar-refractivity contribution is 7.09. The number of esters is 1. The van der Waals surface area contributed by atoms with Crippen molar-refractivity contribution in [2.24, 2.45) is 0 Å². The van der Waals surface area contributed by atoms with Crippen LogP contribution in [0.3, 0.4) is 0 Å². The van der Waals surface area contributed by atoms with E-state index in [4.69, 9.17) is 9.47 Å². The summed E-state index contributed by atoms with van der Waals surface area (Å²) >= 11 is 1.47. The van der Waals surface area contributed by atoms with Crippen molar-refractivity contribution in [3.63, 3.8) is 0 Å². The molecule has 0 unspecified atom stereocenters. The summed E-state index contributed by atoms with van der Waals surface area (Å²) in [6.45, 7) is 2.15. The number of hydrogen-bond donors (Lipinski definition) is 0. The molecule has 19 heavy (non-hydrogen) atoms. The zero-order chi connectivity index (χ0) is 13.7. The average Bonchev–Trinajstić information content (AvgIpc) is 2.88. The number of carbonyl (C=O) groups excluding carboxylic acids is 1. The molecule has 0 atom stereocenters. The van der Waals surface area contributed by atoms with E-state index >= 15 is 0 Å². The van der Waals surface area contributed by atoms with Crippen LogP contribution >= 0.6 is 11.3 Å². The molecular formula is C14H15NO3S. The van der Waals surface area contributed by atoms with Crippen molar-refractivity contribution >= 4 is 17.3 Å². The number of aromatic nitrogens is 1. The fourth-order valence-corrected chi connectivity index (χ4v) is 2.41. The fourth-order valence-electron chi connectivity index (χ4n) is 1.61. The number of thiazole rings is 1. The van der Waals surface area contributed by atoms with Crippen molar-refractivity contribution in [1.82, 2.24) is 4.98 Å². The van der Waals surface area contributed by atoms with Gasteiger partial charge in [0.05, 0.1) is 18.7 Å². The van der Waals surface area contributed by atoms with Crippen molar-refractivity contribution in [3.05, 3.63) is 45.9 Å². The largest absolute Gasteiger partial charge is 0.497 e. The third-order valence-electron chi connectivity index (χ3n) is 2.55. The number of ether oxygens (including phenoxy) is 2. The minimum atomic E-state index is -0.361. The van der Waals surface area contributed by atoms with Crippen molar-refractivity contribution in [2.75, 3.05) is 13.7 Å². The van der Waals surface area contributed by atoms with Gasteiger partial charge >= 0.3 is 5.97 Å². The third-order valence-corrected chi connectivity index (χ3v) is 3.40. The lowest BCUT2D eigenvalue weighted by atomic mass is 10.1. The monoisotopic (exact) mass is 277 g/mol. The first-order valence-corrected chi connectivity index (χ1v) is 6.85. The first kappa shape index (κ1) is 13.5. The van der Waals surface area contributed by atoms with Crippen LogP contribution in [0.5, 0.6) is 5.75 Å². The number of nitrogens with zero attached hydrogens (tertiary/aromatic N) is 1. The molecule has 4 nitrogen and oxygen atoms in total. The Bertz CT molecular complexity index is 548. The smallest absolute Gasteiger partial charge is 0.357 e. The van der Waals surface area contributed by atoms with Gasteiger partial charge in [0.2, 0.25) is 0 Å². The summed E-state index contributed by atoms with van der Waals surface area (Å²) in [6, 6.07) is 7.80. The summed E-state index contributed by atoms with van der Waals surface area (Å²) in [5, 5.41) is 2.63. The van der Waals surface area contributed by atoms with E-state index in [1.165, 1.54) is 11.3 Å². The quantitative estimate of drug-likeness (QED) is 0.788. The lowest BCUT2D eigenvalue weighted by molar-refractivity contribution is 0.0520. The molecule has 0 aliphatic carbocycles. The van der Waals surface area contributed by atoms with Gasteiger partial charge in [0.1, 0.15) is 5.75 Å².